The number of carbonyl (C=O) groups is 1. The Morgan fingerprint density at radius 1 is 1.15 bits per heavy atom. The lowest BCUT2D eigenvalue weighted by Crippen LogP contribution is -2.21. The zero-order valence-corrected chi connectivity index (χ0v) is 18.8. The van der Waals surface area contributed by atoms with Crippen LogP contribution in [0.1, 0.15) is 39.0 Å². The Balaban J connectivity index is 1.21. The zero-order valence-electron chi connectivity index (χ0n) is 17.3. The van der Waals surface area contributed by atoms with Gasteiger partial charge in [-0.15, -0.1) is 0 Å². The Labute approximate surface area is 198 Å². The number of halogens is 1. The number of hydrogen-bond donors (Lipinski definition) is 1. The molecular weight excluding hydrogens is 462 g/mol. The van der Waals surface area contributed by atoms with Crippen LogP contribution in [0, 0.1) is 0 Å². The van der Waals surface area contributed by atoms with Crippen molar-refractivity contribution in [2.24, 2.45) is 0 Å². The molecule has 0 saturated heterocycles. The van der Waals surface area contributed by atoms with Crippen LogP contribution in [0.15, 0.2) is 61.3 Å². The molecule has 33 heavy (non-hydrogen) atoms. The van der Waals surface area contributed by atoms with Crippen LogP contribution in [0.25, 0.3) is 0 Å². The molecule has 1 amide bonds. The van der Waals surface area contributed by atoms with E-state index >= 15 is 0 Å². The average Bonchev–Trinajstić information content (AvgIpc) is 3.31. The lowest BCUT2D eigenvalue weighted by atomic mass is 10.0. The number of benzene rings is 1. The number of rotatable bonds is 6. The maximum absolute atomic E-state index is 12.4. The normalized spacial score (nSPS) is 14.8. The van der Waals surface area contributed by atoms with Gasteiger partial charge in [0.2, 0.25) is 0 Å². The number of aryl methyl sites for hydroxylation is 1. The van der Waals surface area contributed by atoms with E-state index < -0.39 is 0 Å². The molecule has 1 atom stereocenters. The van der Waals surface area contributed by atoms with Crippen LogP contribution in [0.2, 0.25) is 5.15 Å². The summed E-state index contributed by atoms with van der Waals surface area (Å²) in [6.07, 6.45) is 9.68. The fourth-order valence-electron chi connectivity index (χ4n) is 3.45. The number of fused-ring (bicyclic) bond motifs is 1. The molecule has 0 fully saturated rings. The van der Waals surface area contributed by atoms with E-state index in [1.807, 2.05) is 18.2 Å². The van der Waals surface area contributed by atoms with Crippen LogP contribution in [-0.2, 0) is 13.0 Å². The molecule has 1 aliphatic rings. The summed E-state index contributed by atoms with van der Waals surface area (Å²) >= 11 is 7.05. The predicted molar refractivity (Wildman–Crippen MR) is 123 cm³/mol. The van der Waals surface area contributed by atoms with Crippen LogP contribution >= 0.6 is 22.9 Å². The smallest absolute Gasteiger partial charge is 0.279 e. The van der Waals surface area contributed by atoms with E-state index in [0.29, 0.717) is 27.5 Å². The second-order valence-corrected chi connectivity index (χ2v) is 8.69. The summed E-state index contributed by atoms with van der Waals surface area (Å²) < 4.78 is 12.0. The first-order valence-corrected chi connectivity index (χ1v) is 11.4. The number of carbonyl (C=O) groups excluding carboxylic acids is 1. The van der Waals surface area contributed by atoms with Crippen molar-refractivity contribution >= 4 is 28.8 Å². The number of ether oxygens (including phenoxy) is 2. The molecule has 10 heteroatoms. The number of amides is 1. The SMILES string of the molecule is O=C(NCc1ccnc(Cl)c1)c1cnc(Oc2ccc3c(c2)CCC(c2cnccn2)O3)s1. The summed E-state index contributed by atoms with van der Waals surface area (Å²) in [5, 5.41) is 3.62. The highest BCUT2D eigenvalue weighted by molar-refractivity contribution is 7.15. The minimum absolute atomic E-state index is 0.110. The van der Waals surface area contributed by atoms with Crippen LogP contribution < -0.4 is 14.8 Å². The van der Waals surface area contributed by atoms with Gasteiger partial charge in [0.1, 0.15) is 27.6 Å². The molecule has 1 aromatic carbocycles. The molecular formula is C23H18ClN5O3S. The van der Waals surface area contributed by atoms with Crippen molar-refractivity contribution in [1.29, 1.82) is 0 Å². The first-order valence-electron chi connectivity index (χ1n) is 10.2. The molecule has 5 rings (SSSR count). The lowest BCUT2D eigenvalue weighted by molar-refractivity contribution is 0.0954. The monoisotopic (exact) mass is 479 g/mol. The Kier molecular flexibility index (Phi) is 6.14. The van der Waals surface area contributed by atoms with Gasteiger partial charge in [-0.05, 0) is 54.3 Å². The molecule has 1 aliphatic heterocycles. The topological polar surface area (TPSA) is 99.1 Å². The van der Waals surface area contributed by atoms with Crippen molar-refractivity contribution in [3.8, 4) is 16.7 Å². The van der Waals surface area contributed by atoms with Gasteiger partial charge in [-0.25, -0.2) is 9.97 Å². The molecule has 4 heterocycles. The predicted octanol–water partition coefficient (Wildman–Crippen LogP) is 4.77. The summed E-state index contributed by atoms with van der Waals surface area (Å²) in [5.74, 6) is 1.21. The van der Waals surface area contributed by atoms with E-state index in [-0.39, 0.29) is 12.0 Å². The summed E-state index contributed by atoms with van der Waals surface area (Å²) in [5.41, 5.74) is 2.74. The van der Waals surface area contributed by atoms with Crippen molar-refractivity contribution in [2.75, 3.05) is 0 Å². The molecule has 8 nitrogen and oxygen atoms in total. The van der Waals surface area contributed by atoms with E-state index in [2.05, 4.69) is 25.3 Å². The molecule has 0 saturated carbocycles. The van der Waals surface area contributed by atoms with Gasteiger partial charge in [0.15, 0.2) is 0 Å². The number of aromatic nitrogens is 4. The Morgan fingerprint density at radius 3 is 2.94 bits per heavy atom. The largest absolute Gasteiger partial charge is 0.484 e. The maximum Gasteiger partial charge on any atom is 0.279 e. The van der Waals surface area contributed by atoms with E-state index in [1.54, 1.807) is 36.9 Å². The van der Waals surface area contributed by atoms with E-state index in [9.17, 15) is 4.79 Å². The number of hydrogen-bond acceptors (Lipinski definition) is 8. The van der Waals surface area contributed by atoms with Gasteiger partial charge in [-0.2, -0.15) is 0 Å². The third-order valence-electron chi connectivity index (χ3n) is 5.05. The Morgan fingerprint density at radius 2 is 2.09 bits per heavy atom. The van der Waals surface area contributed by atoms with Crippen molar-refractivity contribution in [1.82, 2.24) is 25.3 Å². The molecule has 0 spiro atoms. The molecule has 1 N–H and O–H groups in total. The second kappa shape index (κ2) is 9.51. The van der Waals surface area contributed by atoms with E-state index in [1.165, 1.54) is 17.5 Å². The molecule has 0 aliphatic carbocycles. The molecule has 1 unspecified atom stereocenters. The van der Waals surface area contributed by atoms with Gasteiger partial charge in [0, 0.05) is 25.1 Å². The van der Waals surface area contributed by atoms with Crippen LogP contribution in [0.3, 0.4) is 0 Å². The van der Waals surface area contributed by atoms with Gasteiger partial charge < -0.3 is 14.8 Å². The van der Waals surface area contributed by atoms with Crippen LogP contribution in [0.5, 0.6) is 16.7 Å². The fourth-order valence-corrected chi connectivity index (χ4v) is 4.34. The van der Waals surface area contributed by atoms with Crippen LogP contribution in [0.4, 0.5) is 0 Å². The number of pyridine rings is 1. The maximum atomic E-state index is 12.4. The highest BCUT2D eigenvalue weighted by Crippen LogP contribution is 2.37. The van der Waals surface area contributed by atoms with Gasteiger partial charge in [0.05, 0.1) is 18.1 Å². The van der Waals surface area contributed by atoms with E-state index in [0.717, 1.165) is 35.4 Å². The van der Waals surface area contributed by atoms with Crippen LogP contribution in [-0.4, -0.2) is 25.8 Å². The first kappa shape index (κ1) is 21.3. The number of thiazole rings is 1. The standard InChI is InChI=1S/C23H18ClN5O3S/c24-21-9-14(5-6-27-21)11-28-22(30)20-13-29-23(33-20)31-16-2-4-18-15(10-16)1-3-19(32-18)17-12-25-7-8-26-17/h2,4-10,12-13,19H,1,3,11H2,(H,28,30). The molecule has 4 aromatic rings. The fraction of sp³-hybridized carbons (Fsp3) is 0.174. The Bertz CT molecular complexity index is 1280. The zero-order chi connectivity index (χ0) is 22.6. The van der Waals surface area contributed by atoms with Gasteiger partial charge in [0.25, 0.3) is 11.1 Å². The lowest BCUT2D eigenvalue weighted by Gasteiger charge is -2.25. The highest BCUT2D eigenvalue weighted by Gasteiger charge is 2.23. The number of nitrogens with one attached hydrogen (secondary N) is 1. The van der Waals surface area contributed by atoms with Gasteiger partial charge in [-0.3, -0.25) is 14.8 Å². The molecule has 0 radical (unpaired) electrons. The van der Waals surface area contributed by atoms with Crippen molar-refractivity contribution < 1.29 is 14.3 Å². The highest BCUT2D eigenvalue weighted by atomic mass is 35.5. The summed E-state index contributed by atoms with van der Waals surface area (Å²) in [4.78, 5) is 29.5. The quantitative estimate of drug-likeness (QED) is 0.397. The van der Waals surface area contributed by atoms with E-state index in [4.69, 9.17) is 21.1 Å². The summed E-state index contributed by atoms with van der Waals surface area (Å²) in [6.45, 7) is 0.343. The van der Waals surface area contributed by atoms with Gasteiger partial charge >= 0.3 is 0 Å². The second-order valence-electron chi connectivity index (χ2n) is 7.31. The van der Waals surface area contributed by atoms with Crippen molar-refractivity contribution in [3.05, 3.63) is 88.2 Å². The Hall–Kier alpha value is -3.56. The van der Waals surface area contributed by atoms with Gasteiger partial charge in [-0.1, -0.05) is 22.9 Å². The third kappa shape index (κ3) is 5.10. The summed E-state index contributed by atoms with van der Waals surface area (Å²) in [7, 11) is 0. The molecule has 166 valence electrons. The molecule has 0 bridgehead atoms. The minimum atomic E-state index is -0.232. The third-order valence-corrected chi connectivity index (χ3v) is 6.13. The first-order chi connectivity index (χ1) is 16.1. The molecule has 3 aromatic heterocycles. The average molecular weight is 480 g/mol. The number of nitrogens with zero attached hydrogens (tertiary/aromatic N) is 4. The summed E-state index contributed by atoms with van der Waals surface area (Å²) in [6, 6.07) is 9.15. The minimum Gasteiger partial charge on any atom is -0.484 e. The van der Waals surface area contributed by atoms with Crippen molar-refractivity contribution in [3.63, 3.8) is 0 Å². The van der Waals surface area contributed by atoms with Crippen molar-refractivity contribution in [2.45, 2.75) is 25.5 Å².